The lowest BCUT2D eigenvalue weighted by Crippen LogP contribution is -2.65. The van der Waals surface area contributed by atoms with Crippen molar-refractivity contribution in [2.45, 2.75) is 46.1 Å². The lowest BCUT2D eigenvalue weighted by Gasteiger charge is -2.36. The summed E-state index contributed by atoms with van der Waals surface area (Å²) in [6.07, 6.45) is 2.83. The average Bonchev–Trinajstić information content (AvgIpc) is 3.19. The first-order valence-corrected chi connectivity index (χ1v) is 10.3. The van der Waals surface area contributed by atoms with Gasteiger partial charge in [-0.1, -0.05) is 0 Å². The first-order chi connectivity index (χ1) is 14.2. The van der Waals surface area contributed by atoms with Crippen molar-refractivity contribution in [1.82, 2.24) is 10.2 Å². The van der Waals surface area contributed by atoms with Gasteiger partial charge in [-0.15, -0.1) is 0 Å². The molecular weight excluding hydrogens is 386 g/mol. The van der Waals surface area contributed by atoms with Gasteiger partial charge in [0.15, 0.2) is 5.60 Å². The second-order valence-corrected chi connectivity index (χ2v) is 8.56. The van der Waals surface area contributed by atoms with E-state index in [4.69, 9.17) is 9.26 Å². The van der Waals surface area contributed by atoms with Crippen LogP contribution < -0.4 is 19.9 Å². The molecule has 30 heavy (non-hydrogen) atoms. The summed E-state index contributed by atoms with van der Waals surface area (Å²) in [5.74, 6) is 0.997. The van der Waals surface area contributed by atoms with Crippen LogP contribution in [0.15, 0.2) is 10.7 Å². The molecule has 0 bridgehead atoms. The van der Waals surface area contributed by atoms with Crippen LogP contribution in [0.3, 0.4) is 0 Å². The van der Waals surface area contributed by atoms with Crippen LogP contribution in [0.25, 0.3) is 0 Å². The molecule has 1 fully saturated rings. The summed E-state index contributed by atoms with van der Waals surface area (Å²) >= 11 is 0. The van der Waals surface area contributed by atoms with E-state index in [1.807, 2.05) is 20.8 Å². The number of phenols is 1. The van der Waals surface area contributed by atoms with Gasteiger partial charge in [-0.25, -0.2) is 0 Å². The predicted octanol–water partition coefficient (Wildman–Crippen LogP) is 1.20. The smallest absolute Gasteiger partial charge is 0.305 e. The van der Waals surface area contributed by atoms with Gasteiger partial charge in [0.2, 0.25) is 5.27 Å². The van der Waals surface area contributed by atoms with Crippen LogP contribution in [0.4, 0.5) is 5.88 Å². The van der Waals surface area contributed by atoms with Gasteiger partial charge in [-0.3, -0.25) is 14.6 Å². The number of nitrogens with zero attached hydrogens (tertiary/aromatic N) is 4. The standard InChI is InChI=1S/C21H29N5O4/c1-13-14(2)19-16(15(3)18(13)27)6-7-21(4,29-19)20(28)22-17-12-26(23-30-17)25-10-8-24(5)9-11-25/h12H,6-11H2,1-5H3,(H-,22,23,27,28)/p+1. The second-order valence-electron chi connectivity index (χ2n) is 8.56. The molecule has 1 saturated heterocycles. The van der Waals surface area contributed by atoms with Crippen LogP contribution >= 0.6 is 0 Å². The molecule has 1 atom stereocenters. The number of carbonyl (C=O) groups is 1. The highest BCUT2D eigenvalue weighted by atomic mass is 16.5. The van der Waals surface area contributed by atoms with E-state index in [0.717, 1.165) is 48.4 Å². The summed E-state index contributed by atoms with van der Waals surface area (Å²) in [5.41, 5.74) is 2.38. The molecule has 2 aliphatic rings. The maximum atomic E-state index is 13.1. The second kappa shape index (κ2) is 7.46. The van der Waals surface area contributed by atoms with Gasteiger partial charge in [0.1, 0.15) is 11.5 Å². The highest BCUT2D eigenvalue weighted by Gasteiger charge is 2.41. The Morgan fingerprint density at radius 2 is 1.90 bits per heavy atom. The molecule has 1 aromatic heterocycles. The lowest BCUT2D eigenvalue weighted by molar-refractivity contribution is -0.759. The number of aromatic hydroxyl groups is 1. The van der Waals surface area contributed by atoms with Crippen LogP contribution in [0.1, 0.15) is 35.6 Å². The fourth-order valence-corrected chi connectivity index (χ4v) is 4.08. The van der Waals surface area contributed by atoms with Gasteiger partial charge in [0.25, 0.3) is 12.1 Å². The SMILES string of the molecule is Cc1c(C)c2c(c(C)c1O)CCC(C)(C(=O)Nc1c[n+](N3CCN(C)CC3)no1)O2. The number of carbonyl (C=O) groups excluding carboxylic acids is 1. The van der Waals surface area contributed by atoms with Gasteiger partial charge in [-0.2, -0.15) is 5.01 Å². The van der Waals surface area contributed by atoms with E-state index in [1.165, 1.54) is 0 Å². The summed E-state index contributed by atoms with van der Waals surface area (Å²) in [5, 5.41) is 19.2. The summed E-state index contributed by atoms with van der Waals surface area (Å²) in [4.78, 5) is 17.0. The van der Waals surface area contributed by atoms with Gasteiger partial charge in [-0.05, 0) is 57.9 Å². The van der Waals surface area contributed by atoms with E-state index in [-0.39, 0.29) is 11.8 Å². The highest BCUT2D eigenvalue weighted by Crippen LogP contribution is 2.43. The van der Waals surface area contributed by atoms with Crippen LogP contribution in [-0.4, -0.2) is 60.0 Å². The van der Waals surface area contributed by atoms with Gasteiger partial charge < -0.3 is 14.7 Å². The number of phenolic OH excluding ortho intramolecular Hbond substituents is 1. The molecular formula is C21H30N5O4+. The van der Waals surface area contributed by atoms with Crippen molar-refractivity contribution in [1.29, 1.82) is 0 Å². The van der Waals surface area contributed by atoms with Crippen LogP contribution in [-0.2, 0) is 11.2 Å². The average molecular weight is 417 g/mol. The molecule has 0 radical (unpaired) electrons. The largest absolute Gasteiger partial charge is 0.507 e. The van der Waals surface area contributed by atoms with E-state index in [2.05, 4.69) is 27.5 Å². The van der Waals surface area contributed by atoms with Crippen molar-refractivity contribution >= 4 is 11.8 Å². The minimum atomic E-state index is -1.04. The maximum absolute atomic E-state index is 13.1. The molecule has 9 nitrogen and oxygen atoms in total. The number of likely N-dealkylation sites (N-methyl/N-ethyl adjacent to an activating group) is 1. The zero-order valence-electron chi connectivity index (χ0n) is 18.3. The Kier molecular flexibility index (Phi) is 5.09. The lowest BCUT2D eigenvalue weighted by atomic mass is 9.86. The van der Waals surface area contributed by atoms with Crippen LogP contribution in [0, 0.1) is 20.8 Å². The Balaban J connectivity index is 1.50. The first-order valence-electron chi connectivity index (χ1n) is 10.3. The molecule has 1 amide bonds. The zero-order valence-corrected chi connectivity index (χ0v) is 18.3. The topological polar surface area (TPSA) is 95.0 Å². The molecule has 1 unspecified atom stereocenters. The number of hydrogen-bond acceptors (Lipinski definition) is 7. The number of ether oxygens (including phenoxy) is 1. The number of nitrogens with one attached hydrogen (secondary N) is 1. The monoisotopic (exact) mass is 416 g/mol. The molecule has 2 N–H and O–H groups in total. The molecule has 4 rings (SSSR count). The minimum absolute atomic E-state index is 0.280. The third-order valence-electron chi connectivity index (χ3n) is 6.46. The number of fused-ring (bicyclic) bond motifs is 1. The van der Waals surface area contributed by atoms with Crippen molar-refractivity contribution < 1.29 is 24.0 Å². The van der Waals surface area contributed by atoms with E-state index < -0.39 is 5.60 Å². The Hall–Kier alpha value is -2.81. The number of rotatable bonds is 3. The minimum Gasteiger partial charge on any atom is -0.507 e. The summed E-state index contributed by atoms with van der Waals surface area (Å²) < 4.78 is 11.6. The number of piperazine rings is 1. The maximum Gasteiger partial charge on any atom is 0.305 e. The fourth-order valence-electron chi connectivity index (χ4n) is 4.08. The summed E-state index contributed by atoms with van der Waals surface area (Å²) in [7, 11) is 2.09. The highest BCUT2D eigenvalue weighted by molar-refractivity contribution is 5.96. The van der Waals surface area contributed by atoms with Crippen molar-refractivity contribution in [2.75, 3.05) is 43.6 Å². The molecule has 0 saturated carbocycles. The predicted molar refractivity (Wildman–Crippen MR) is 110 cm³/mol. The molecule has 3 heterocycles. The normalized spacial score (nSPS) is 21.8. The molecule has 0 aliphatic carbocycles. The number of hydrogen-bond donors (Lipinski definition) is 2. The van der Waals surface area contributed by atoms with E-state index in [9.17, 15) is 9.90 Å². The number of anilines is 1. The number of amides is 1. The molecule has 1 aromatic carbocycles. The van der Waals surface area contributed by atoms with Crippen molar-refractivity contribution in [2.24, 2.45) is 0 Å². The molecule has 2 aliphatic heterocycles. The van der Waals surface area contributed by atoms with Crippen LogP contribution in [0.2, 0.25) is 0 Å². The number of benzene rings is 1. The van der Waals surface area contributed by atoms with Crippen molar-refractivity contribution in [3.05, 3.63) is 28.5 Å². The molecule has 0 spiro atoms. The summed E-state index contributed by atoms with van der Waals surface area (Å²) in [6.45, 7) is 11.0. The zero-order chi connectivity index (χ0) is 21.6. The van der Waals surface area contributed by atoms with E-state index in [1.54, 1.807) is 17.9 Å². The first kappa shape index (κ1) is 20.5. The molecule has 162 valence electrons. The molecule has 9 heteroatoms. The van der Waals surface area contributed by atoms with Gasteiger partial charge in [0.05, 0.1) is 17.9 Å². The van der Waals surface area contributed by atoms with Crippen LogP contribution in [0.5, 0.6) is 11.5 Å². The summed E-state index contributed by atoms with van der Waals surface area (Å²) in [6, 6.07) is 0. The fraction of sp³-hybridized carbons (Fsp3) is 0.571. The van der Waals surface area contributed by atoms with E-state index in [0.29, 0.717) is 24.3 Å². The molecule has 2 aromatic rings. The van der Waals surface area contributed by atoms with Crippen molar-refractivity contribution in [3.63, 3.8) is 0 Å². The Morgan fingerprint density at radius 3 is 2.60 bits per heavy atom. The third kappa shape index (κ3) is 3.47. The van der Waals surface area contributed by atoms with Gasteiger partial charge in [0, 0.05) is 25.1 Å². The number of aromatic nitrogens is 2. The Labute approximate surface area is 176 Å². The van der Waals surface area contributed by atoms with Gasteiger partial charge >= 0.3 is 5.88 Å². The Bertz CT molecular complexity index is 980. The quantitative estimate of drug-likeness (QED) is 0.726. The third-order valence-corrected chi connectivity index (χ3v) is 6.46. The Morgan fingerprint density at radius 1 is 1.20 bits per heavy atom. The van der Waals surface area contributed by atoms with E-state index >= 15 is 0 Å². The van der Waals surface area contributed by atoms with Crippen molar-refractivity contribution in [3.8, 4) is 11.5 Å².